The smallest absolute Gasteiger partial charge is 0.305 e. The van der Waals surface area contributed by atoms with E-state index in [9.17, 15) is 95.9 Å². The lowest BCUT2D eigenvalue weighted by Gasteiger charge is -2.52. The second kappa shape index (κ2) is 48.2. The van der Waals surface area contributed by atoms with Crippen molar-refractivity contribution < 1.29 is 233 Å². The molecule has 2 N–H and O–H groups in total. The van der Waals surface area contributed by atoms with Gasteiger partial charge in [-0.3, -0.25) is 95.9 Å². The molecule has 0 radical (unpaired) electrons. The summed E-state index contributed by atoms with van der Waals surface area (Å²) in [5.41, 5.74) is 0. The van der Waals surface area contributed by atoms with E-state index in [0.717, 1.165) is 138 Å². The third-order valence-corrected chi connectivity index (χ3v) is 18.1. The molecule has 0 aromatic heterocycles. The van der Waals surface area contributed by atoms with Crippen LogP contribution in [0.1, 0.15) is 138 Å². The van der Waals surface area contributed by atoms with Gasteiger partial charge in [0.15, 0.2) is 98.6 Å². The van der Waals surface area contributed by atoms with Gasteiger partial charge >= 0.3 is 107 Å². The van der Waals surface area contributed by atoms with Crippen LogP contribution < -0.4 is 10.6 Å². The van der Waals surface area contributed by atoms with Crippen LogP contribution in [-0.2, 0) is 233 Å². The van der Waals surface area contributed by atoms with Gasteiger partial charge in [-0.2, -0.15) is 0 Å². The first-order chi connectivity index (χ1) is 59.4. The largest absolute Gasteiger partial charge is 0.463 e. The molecule has 6 aliphatic heterocycles. The minimum Gasteiger partial charge on any atom is -0.463 e. The van der Waals surface area contributed by atoms with Crippen LogP contribution in [0.2, 0.25) is 0 Å². The second-order valence-electron chi connectivity index (χ2n) is 29.0. The first-order valence-electron chi connectivity index (χ1n) is 39.0. The normalized spacial score (nSPS) is 32.6. The highest BCUT2D eigenvalue weighted by Crippen LogP contribution is 2.42. The van der Waals surface area contributed by atoms with Crippen LogP contribution in [0, 0.1) is 0 Å². The van der Waals surface area contributed by atoms with Crippen LogP contribution in [0.3, 0.4) is 0 Å². The molecule has 6 fully saturated rings. The van der Waals surface area contributed by atoms with Crippen molar-refractivity contribution in [1.29, 1.82) is 0 Å². The molecule has 0 aromatic carbocycles. The summed E-state index contributed by atoms with van der Waals surface area (Å²) in [6.07, 6.45) is -59.1. The molecule has 6 rings (SSSR count). The molecule has 6 heterocycles. The summed E-state index contributed by atoms with van der Waals surface area (Å²) in [6, 6.07) is -4.16. The molecule has 6 saturated heterocycles. The first kappa shape index (κ1) is 105. The van der Waals surface area contributed by atoms with Crippen molar-refractivity contribution in [2.75, 3.05) is 39.6 Å². The zero-order chi connectivity index (χ0) is 95.0. The molecule has 6 aliphatic rings. The molecule has 0 aliphatic carbocycles. The van der Waals surface area contributed by atoms with E-state index in [2.05, 4.69) is 10.6 Å². The van der Waals surface area contributed by atoms with E-state index in [1.54, 1.807) is 0 Å². The fraction of sp³-hybridized carbons (Fsp3) is 0.737. The molecule has 30 atom stereocenters. The zero-order valence-electron chi connectivity index (χ0n) is 72.6. The van der Waals surface area contributed by atoms with Gasteiger partial charge in [0.25, 0.3) is 0 Å². The third kappa shape index (κ3) is 31.7. The van der Waals surface area contributed by atoms with E-state index in [-0.39, 0.29) is 0 Å². The minimum atomic E-state index is -2.53. The summed E-state index contributed by atoms with van der Waals surface area (Å²) in [6.45, 7) is 11.9. The Morgan fingerprint density at radius 1 is 0.181 bits per heavy atom. The summed E-state index contributed by atoms with van der Waals surface area (Å²) >= 11 is 0. The molecule has 712 valence electrons. The Bertz CT molecular complexity index is 3980. The van der Waals surface area contributed by atoms with Gasteiger partial charge in [-0.05, 0) is 0 Å². The van der Waals surface area contributed by atoms with Crippen LogP contribution in [0.4, 0.5) is 0 Å². The van der Waals surface area contributed by atoms with Crippen molar-refractivity contribution in [1.82, 2.24) is 10.6 Å². The topological polar surface area (TPSA) is 633 Å². The molecule has 127 heavy (non-hydrogen) atoms. The summed E-state index contributed by atoms with van der Waals surface area (Å²) < 4.78 is 173. The van der Waals surface area contributed by atoms with Gasteiger partial charge in [-0.25, -0.2) is 0 Å². The Morgan fingerprint density at radius 3 is 0.654 bits per heavy atom. The van der Waals surface area contributed by atoms with Gasteiger partial charge in [-0.15, -0.1) is 0 Å². The Balaban J connectivity index is 1.68. The number of carbonyl (C=O) groups is 20. The van der Waals surface area contributed by atoms with Gasteiger partial charge in [0.05, 0.1) is 6.61 Å². The van der Waals surface area contributed by atoms with E-state index in [0.29, 0.717) is 0 Å². The number of nitrogens with one attached hydrogen (secondary N) is 2. The third-order valence-electron chi connectivity index (χ3n) is 18.1. The highest BCUT2D eigenvalue weighted by molar-refractivity contribution is 5.76. The average Bonchev–Trinajstić information content (AvgIpc) is 0.745. The van der Waals surface area contributed by atoms with E-state index >= 15 is 0 Å². The van der Waals surface area contributed by atoms with Gasteiger partial charge in [0.1, 0.15) is 106 Å². The maximum absolute atomic E-state index is 14.1. The molecule has 2 amide bonds. The predicted molar refractivity (Wildman–Crippen MR) is 394 cm³/mol. The SMILES string of the molecule is CC(=O)N[C@H]1[C@H](OC[C@H]2O[C@@H](O[C@H]3[C@H](OC(C)=O)[C@@H](OC(C)=O)C(OC(C)=O)O[C@@H]3COC(C)=O)[C@H](OC(C)=O)[C@@H](O[C@@H]3O[C@H](COC(C)=O)[C@@H](O[C@@H]4O[C@H](COC(C)=O)[C@H](OC(C)=O)[C@H](OC(C)=O)[C@H]4OC(C)=O)[C@H](OC(C)=O)[C@H]3NC(C)=O)[C@H]2OC(C)=O)O[C@H](COC(C)=O)[C@@H](O[C@@H]2O[C@H](COC(C)=O)[C@H](OC(C)=O)[C@H](OC(C)=O)[C@H]2OC(C)=O)[C@@H]1OC(C)=O. The maximum atomic E-state index is 14.1. The molecule has 1 unspecified atom stereocenters. The highest BCUT2D eigenvalue weighted by Gasteiger charge is 2.64. The van der Waals surface area contributed by atoms with Crippen molar-refractivity contribution in [3.63, 3.8) is 0 Å². The lowest BCUT2D eigenvalue weighted by molar-refractivity contribution is -0.384. The summed E-state index contributed by atoms with van der Waals surface area (Å²) in [7, 11) is 0. The summed E-state index contributed by atoms with van der Waals surface area (Å²) in [4.78, 5) is 264. The predicted octanol–water partition coefficient (Wildman–Crippen LogP) is -3.54. The van der Waals surface area contributed by atoms with Crippen molar-refractivity contribution in [3.05, 3.63) is 0 Å². The van der Waals surface area contributed by atoms with E-state index < -0.39 is 343 Å². The zero-order valence-corrected chi connectivity index (χ0v) is 72.6. The van der Waals surface area contributed by atoms with Crippen molar-refractivity contribution in [3.8, 4) is 0 Å². The molecule has 51 nitrogen and oxygen atoms in total. The molecule has 51 heteroatoms. The van der Waals surface area contributed by atoms with Crippen LogP contribution in [0.15, 0.2) is 0 Å². The van der Waals surface area contributed by atoms with Crippen LogP contribution in [-0.4, -0.2) is 343 Å². The first-order valence-corrected chi connectivity index (χ1v) is 39.0. The van der Waals surface area contributed by atoms with Crippen molar-refractivity contribution in [2.24, 2.45) is 0 Å². The monoisotopic (exact) mass is 1830 g/mol. The lowest BCUT2D eigenvalue weighted by Crippen LogP contribution is -2.71. The molecule has 0 spiro atoms. The van der Waals surface area contributed by atoms with Crippen LogP contribution >= 0.6 is 0 Å². The number of hydrogen-bond acceptors (Lipinski definition) is 49. The number of hydrogen-bond donors (Lipinski definition) is 2. The van der Waals surface area contributed by atoms with Crippen molar-refractivity contribution in [2.45, 2.75) is 323 Å². The quantitative estimate of drug-likeness (QED) is 0.0453. The Labute approximate surface area is 723 Å². The number of carbonyl (C=O) groups excluding carboxylic acids is 20. The Morgan fingerprint density at radius 2 is 0.370 bits per heavy atom. The molecular weight excluding hydrogens is 1720 g/mol. The van der Waals surface area contributed by atoms with E-state index in [1.807, 2.05) is 0 Å². The second-order valence-corrected chi connectivity index (χ2v) is 29.0. The van der Waals surface area contributed by atoms with Gasteiger partial charge in [0.2, 0.25) is 24.2 Å². The standard InChI is InChI=1S/C76H104N2O49/c1-27(79)77-53-61(108-37(11)89)55(124-74-68(114-43(17)95)63(110-39(13)91)57(105-34(8)86)49(121-74)23-101-31(5)83)47(21-99-29(3)81)118-71(53)104-26-52-59(107-36(10)88)66(70(116-45(19)97)76(123-52)126-60-51(25-103-33(7)85)120-73(117-46(20)98)67(113-42(16)94)65(60)112-41(15)93)127-72-54(78-28(2)80)62(109-38(12)90)56(48(119-72)22-100-30(4)82)125-75-69(115-44(18)96)64(111-40(14)92)58(106-35(9)87)50(122-75)24-102-32(6)84/h47-76H,21-26H2,1-20H3,(H,77,79)(H,78,80)/t47-,48-,49-,50-,51-,52-,53-,54-,55-,56-,57+,58+,59+,60-,61-,62-,63+,64+,65+,66+,67-,68-,69-,70-,71-,72+,73?,74+,75+,76+/m1/s1. The number of amides is 2. The Hall–Kier alpha value is -11.0. The van der Waals surface area contributed by atoms with Crippen LogP contribution in [0.25, 0.3) is 0 Å². The van der Waals surface area contributed by atoms with E-state index in [4.69, 9.17) is 137 Å². The maximum Gasteiger partial charge on any atom is 0.305 e. The molecule has 0 aromatic rings. The summed E-state index contributed by atoms with van der Waals surface area (Å²) in [5, 5.41) is 5.01. The number of rotatable bonds is 36. The van der Waals surface area contributed by atoms with Gasteiger partial charge in [-0.1, -0.05) is 0 Å². The molecular formula is C76H104N2O49. The molecule has 0 bridgehead atoms. The van der Waals surface area contributed by atoms with Gasteiger partial charge in [0, 0.05) is 138 Å². The Kier molecular flexibility index (Phi) is 39.8. The van der Waals surface area contributed by atoms with E-state index in [1.165, 1.54) is 0 Å². The highest BCUT2D eigenvalue weighted by atomic mass is 16.8. The fourth-order valence-electron chi connectivity index (χ4n) is 14.1. The fourth-order valence-corrected chi connectivity index (χ4v) is 14.1. The van der Waals surface area contributed by atoms with Crippen molar-refractivity contribution >= 4 is 119 Å². The van der Waals surface area contributed by atoms with Gasteiger partial charge < -0.3 is 148 Å². The average molecular weight is 1830 g/mol. The lowest BCUT2D eigenvalue weighted by atomic mass is 9.93. The number of ether oxygens (including phenoxy) is 29. The van der Waals surface area contributed by atoms with Crippen LogP contribution in [0.5, 0.6) is 0 Å². The minimum absolute atomic E-state index is 0.791. The number of esters is 18. The summed E-state index contributed by atoms with van der Waals surface area (Å²) in [5.74, 6) is -22.3. The molecule has 0 saturated carbocycles.